The molecule has 1 unspecified atom stereocenters. The summed E-state index contributed by atoms with van der Waals surface area (Å²) < 4.78 is 0. The molecule has 96 valence electrons. The fraction of sp³-hybridized carbons (Fsp3) is 0.400. The van der Waals surface area contributed by atoms with Crippen LogP contribution in [0.25, 0.3) is 11.2 Å². The number of hydrogen-bond donors (Lipinski definition) is 4. The van der Waals surface area contributed by atoms with Gasteiger partial charge in [0, 0.05) is 18.8 Å². The van der Waals surface area contributed by atoms with Gasteiger partial charge in [0.2, 0.25) is 0 Å². The largest absolute Gasteiger partial charge is 0.385 e. The fourth-order valence-electron chi connectivity index (χ4n) is 1.40. The molecule has 0 saturated heterocycles. The molecule has 0 spiro atoms. The summed E-state index contributed by atoms with van der Waals surface area (Å²) >= 11 is 0. The van der Waals surface area contributed by atoms with Crippen LogP contribution in [0.15, 0.2) is 18.6 Å². The fourth-order valence-corrected chi connectivity index (χ4v) is 1.40. The van der Waals surface area contributed by atoms with Crippen molar-refractivity contribution < 1.29 is 20.4 Å². The van der Waals surface area contributed by atoms with Crippen molar-refractivity contribution in [2.75, 3.05) is 0 Å². The maximum Gasteiger partial charge on any atom is 0.275 e. The highest BCUT2D eigenvalue weighted by Gasteiger charge is 2.22. The highest BCUT2D eigenvalue weighted by molar-refractivity contribution is 5.67. The number of hydrogen-bond acceptors (Lipinski definition) is 8. The zero-order valence-corrected chi connectivity index (χ0v) is 9.30. The SMILES string of the molecule is OC(CCC(O)(O)O)c1ncc2nccnc2n1. The normalized spacial score (nSPS) is 13.8. The minimum Gasteiger partial charge on any atom is -0.385 e. The summed E-state index contributed by atoms with van der Waals surface area (Å²) in [4.78, 5) is 15.8. The van der Waals surface area contributed by atoms with Gasteiger partial charge in [-0.2, -0.15) is 0 Å². The van der Waals surface area contributed by atoms with Crippen LogP contribution in [-0.4, -0.2) is 46.3 Å². The Labute approximate surface area is 102 Å². The smallest absolute Gasteiger partial charge is 0.275 e. The number of nitrogens with zero attached hydrogens (tertiary/aromatic N) is 4. The minimum absolute atomic E-state index is 0.0900. The molecule has 8 heteroatoms. The lowest BCUT2D eigenvalue weighted by molar-refractivity contribution is -0.316. The van der Waals surface area contributed by atoms with E-state index < -0.39 is 18.5 Å². The van der Waals surface area contributed by atoms with Crippen LogP contribution in [-0.2, 0) is 0 Å². The summed E-state index contributed by atoms with van der Waals surface area (Å²) in [5.74, 6) is -2.72. The molecule has 0 radical (unpaired) electrons. The van der Waals surface area contributed by atoms with E-state index in [1.54, 1.807) is 0 Å². The zero-order chi connectivity index (χ0) is 13.2. The van der Waals surface area contributed by atoms with Gasteiger partial charge in [-0.3, -0.25) is 0 Å². The van der Waals surface area contributed by atoms with E-state index in [0.717, 1.165) is 0 Å². The van der Waals surface area contributed by atoms with E-state index in [1.165, 1.54) is 18.6 Å². The van der Waals surface area contributed by atoms with E-state index in [-0.39, 0.29) is 12.2 Å². The summed E-state index contributed by atoms with van der Waals surface area (Å²) in [6.07, 6.45) is 2.73. The number of aliphatic hydroxyl groups excluding tert-OH is 1. The predicted octanol–water partition coefficient (Wildman–Crippen LogP) is -1.14. The molecule has 2 aromatic rings. The van der Waals surface area contributed by atoms with Gasteiger partial charge in [0.05, 0.1) is 6.20 Å². The average Bonchev–Trinajstić information content (AvgIpc) is 2.34. The third-order valence-corrected chi connectivity index (χ3v) is 2.30. The van der Waals surface area contributed by atoms with Crippen LogP contribution in [0.4, 0.5) is 0 Å². The quantitative estimate of drug-likeness (QED) is 0.502. The molecule has 0 bridgehead atoms. The Bertz CT molecular complexity index is 543. The number of rotatable bonds is 4. The molecule has 0 amide bonds. The lowest BCUT2D eigenvalue weighted by Gasteiger charge is -2.15. The molecule has 1 atom stereocenters. The minimum atomic E-state index is -2.81. The van der Waals surface area contributed by atoms with Gasteiger partial charge >= 0.3 is 0 Å². The first kappa shape index (κ1) is 12.7. The Kier molecular flexibility index (Phi) is 3.43. The van der Waals surface area contributed by atoms with Gasteiger partial charge in [0.25, 0.3) is 5.97 Å². The molecule has 0 aliphatic carbocycles. The third kappa shape index (κ3) is 3.14. The standard InChI is InChI=1S/C10H12N4O4/c15-7(1-2-10(16,17)18)9-13-5-6-8(14-9)12-4-3-11-6/h3-5,7,15-18H,1-2H2. The molecule has 8 nitrogen and oxygen atoms in total. The lowest BCUT2D eigenvalue weighted by atomic mass is 10.1. The van der Waals surface area contributed by atoms with Gasteiger partial charge in [-0.05, 0) is 6.42 Å². The summed E-state index contributed by atoms with van der Waals surface area (Å²) in [6.45, 7) is 0. The Morgan fingerprint density at radius 2 is 1.83 bits per heavy atom. The Morgan fingerprint density at radius 1 is 1.11 bits per heavy atom. The first-order valence-corrected chi connectivity index (χ1v) is 5.24. The molecule has 2 rings (SSSR count). The maximum atomic E-state index is 9.74. The second-order valence-corrected chi connectivity index (χ2v) is 3.82. The summed E-state index contributed by atoms with van der Waals surface area (Å²) in [7, 11) is 0. The van der Waals surface area contributed by atoms with Gasteiger partial charge < -0.3 is 20.4 Å². The van der Waals surface area contributed by atoms with Crippen LogP contribution in [0.1, 0.15) is 24.8 Å². The molecular formula is C10H12N4O4. The molecule has 0 saturated carbocycles. The van der Waals surface area contributed by atoms with Crippen LogP contribution in [0.2, 0.25) is 0 Å². The summed E-state index contributed by atoms with van der Waals surface area (Å²) in [6, 6.07) is 0. The van der Waals surface area contributed by atoms with E-state index in [2.05, 4.69) is 19.9 Å². The monoisotopic (exact) mass is 252 g/mol. The van der Waals surface area contributed by atoms with Crippen molar-refractivity contribution >= 4 is 11.2 Å². The van der Waals surface area contributed by atoms with Crippen LogP contribution < -0.4 is 0 Å². The third-order valence-electron chi connectivity index (χ3n) is 2.30. The molecule has 0 aromatic carbocycles. The van der Waals surface area contributed by atoms with Crippen molar-refractivity contribution in [2.24, 2.45) is 0 Å². The van der Waals surface area contributed by atoms with Crippen molar-refractivity contribution in [3.63, 3.8) is 0 Å². The Hall–Kier alpha value is -1.74. The first-order chi connectivity index (χ1) is 8.46. The van der Waals surface area contributed by atoms with E-state index in [9.17, 15) is 5.11 Å². The number of aliphatic hydroxyl groups is 4. The Balaban J connectivity index is 2.15. The predicted molar refractivity (Wildman–Crippen MR) is 58.7 cm³/mol. The first-order valence-electron chi connectivity index (χ1n) is 5.24. The van der Waals surface area contributed by atoms with Gasteiger partial charge in [0.1, 0.15) is 11.6 Å². The van der Waals surface area contributed by atoms with Crippen LogP contribution in [0, 0.1) is 0 Å². The second kappa shape index (κ2) is 4.86. The van der Waals surface area contributed by atoms with E-state index in [0.29, 0.717) is 11.2 Å². The summed E-state index contributed by atoms with van der Waals surface area (Å²) in [5, 5.41) is 35.9. The van der Waals surface area contributed by atoms with E-state index >= 15 is 0 Å². The molecule has 2 heterocycles. The van der Waals surface area contributed by atoms with Crippen LogP contribution >= 0.6 is 0 Å². The highest BCUT2D eigenvalue weighted by Crippen LogP contribution is 2.18. The molecule has 4 N–H and O–H groups in total. The van der Waals surface area contributed by atoms with Crippen molar-refractivity contribution in [2.45, 2.75) is 24.9 Å². The second-order valence-electron chi connectivity index (χ2n) is 3.82. The highest BCUT2D eigenvalue weighted by atomic mass is 16.7. The number of fused-ring (bicyclic) bond motifs is 1. The topological polar surface area (TPSA) is 132 Å². The molecule has 0 fully saturated rings. The van der Waals surface area contributed by atoms with E-state index in [1.807, 2.05) is 0 Å². The molecule has 2 aromatic heterocycles. The zero-order valence-electron chi connectivity index (χ0n) is 9.30. The van der Waals surface area contributed by atoms with Crippen LogP contribution in [0.5, 0.6) is 0 Å². The van der Waals surface area contributed by atoms with Gasteiger partial charge in [-0.1, -0.05) is 0 Å². The number of aromatic nitrogens is 4. The molecule has 0 aliphatic rings. The van der Waals surface area contributed by atoms with Crippen molar-refractivity contribution in [3.05, 3.63) is 24.4 Å². The molecule has 18 heavy (non-hydrogen) atoms. The van der Waals surface area contributed by atoms with E-state index in [4.69, 9.17) is 15.3 Å². The maximum absolute atomic E-state index is 9.74. The molecular weight excluding hydrogens is 240 g/mol. The average molecular weight is 252 g/mol. The lowest BCUT2D eigenvalue weighted by Crippen LogP contribution is -2.27. The van der Waals surface area contributed by atoms with Gasteiger partial charge in [-0.25, -0.2) is 19.9 Å². The van der Waals surface area contributed by atoms with Gasteiger partial charge in [-0.15, -0.1) is 0 Å². The molecule has 0 aliphatic heterocycles. The van der Waals surface area contributed by atoms with Crippen LogP contribution in [0.3, 0.4) is 0 Å². The van der Waals surface area contributed by atoms with Crippen molar-refractivity contribution in [1.82, 2.24) is 19.9 Å². The van der Waals surface area contributed by atoms with Crippen molar-refractivity contribution in [1.29, 1.82) is 0 Å². The Morgan fingerprint density at radius 3 is 2.56 bits per heavy atom. The van der Waals surface area contributed by atoms with Crippen molar-refractivity contribution in [3.8, 4) is 0 Å². The summed E-state index contributed by atoms with van der Waals surface area (Å²) in [5.41, 5.74) is 0.832. The van der Waals surface area contributed by atoms with Gasteiger partial charge in [0.15, 0.2) is 11.5 Å².